The highest BCUT2D eigenvalue weighted by atomic mass is 35.5. The van der Waals surface area contributed by atoms with E-state index in [4.69, 9.17) is 21.1 Å². The summed E-state index contributed by atoms with van der Waals surface area (Å²) in [5.41, 5.74) is -0.477. The summed E-state index contributed by atoms with van der Waals surface area (Å²) in [7, 11) is -4.34. The molecule has 290 valence electrons. The maximum Gasteiger partial charge on any atom is 0.410 e. The molecule has 1 saturated heterocycles. The van der Waals surface area contributed by atoms with Crippen LogP contribution >= 0.6 is 11.6 Å². The summed E-state index contributed by atoms with van der Waals surface area (Å²) in [6.45, 7) is 5.66. The minimum Gasteiger partial charge on any atom is -0.444 e. The van der Waals surface area contributed by atoms with Crippen molar-refractivity contribution < 1.29 is 41.9 Å². The molecule has 5 amide bonds. The summed E-state index contributed by atoms with van der Waals surface area (Å²) in [5.74, 6) is -2.75. The van der Waals surface area contributed by atoms with Crippen molar-refractivity contribution in [1.82, 2.24) is 25.2 Å². The first-order valence-corrected chi connectivity index (χ1v) is 20.0. The van der Waals surface area contributed by atoms with E-state index in [2.05, 4.69) is 15.4 Å². The number of carbonyl (C=O) groups excluding carboxylic acids is 5. The van der Waals surface area contributed by atoms with Crippen molar-refractivity contribution in [2.24, 2.45) is 5.92 Å². The van der Waals surface area contributed by atoms with Crippen molar-refractivity contribution in [3.63, 3.8) is 0 Å². The smallest absolute Gasteiger partial charge is 0.410 e. The van der Waals surface area contributed by atoms with E-state index in [9.17, 15) is 32.4 Å². The quantitative estimate of drug-likeness (QED) is 0.367. The Balaban J connectivity index is 1.26. The van der Waals surface area contributed by atoms with Gasteiger partial charge in [0.05, 0.1) is 11.4 Å². The van der Waals surface area contributed by atoms with Gasteiger partial charge in [-0.05, 0) is 81.8 Å². The summed E-state index contributed by atoms with van der Waals surface area (Å²) < 4.78 is 40.0. The first-order valence-electron chi connectivity index (χ1n) is 18.2. The van der Waals surface area contributed by atoms with Crippen LogP contribution in [0.4, 0.5) is 9.59 Å². The Morgan fingerprint density at radius 3 is 2.33 bits per heavy atom. The van der Waals surface area contributed by atoms with Crippen molar-refractivity contribution in [3.8, 4) is 0 Å². The van der Waals surface area contributed by atoms with Crippen LogP contribution in [0.1, 0.15) is 76.8 Å². The number of hydrogen-bond acceptors (Lipinski definition) is 9. The van der Waals surface area contributed by atoms with E-state index in [0.717, 1.165) is 24.0 Å². The number of fused-ring (bicyclic) bond motifs is 3. The molecule has 1 aliphatic carbocycles. The SMILES string of the molecule is CC(C)(C)OC(=O)N[C@H]1CCCCC/C=C\[C@@H]2C[C@@]2(C(=O)NS(=O)(=O)c2ccc(Cl)cc2)NC(=O)[C@@H]2C[C@@H](OC(=O)N3Cc4ccccc4C3)CN2C1=O. The van der Waals surface area contributed by atoms with Gasteiger partial charge in [0.25, 0.3) is 15.9 Å². The van der Waals surface area contributed by atoms with Gasteiger partial charge in [-0.1, -0.05) is 60.9 Å². The molecule has 0 aromatic heterocycles. The summed E-state index contributed by atoms with van der Waals surface area (Å²) in [4.78, 5) is 71.5. The molecule has 16 heteroatoms. The van der Waals surface area contributed by atoms with Crippen molar-refractivity contribution in [2.45, 2.75) is 113 Å². The second-order valence-corrected chi connectivity index (χ2v) is 17.4. The third-order valence-electron chi connectivity index (χ3n) is 10.1. The Hall–Kier alpha value is -4.63. The number of ether oxygens (including phenoxy) is 2. The van der Waals surface area contributed by atoms with E-state index in [0.29, 0.717) is 31.0 Å². The molecule has 2 aromatic rings. The number of alkyl carbamates (subject to hydrolysis) is 1. The number of sulfonamides is 1. The fourth-order valence-corrected chi connectivity index (χ4v) is 8.34. The molecular weight excluding hydrogens is 738 g/mol. The van der Waals surface area contributed by atoms with E-state index in [1.165, 1.54) is 34.1 Å². The number of nitrogens with zero attached hydrogens (tertiary/aromatic N) is 2. The van der Waals surface area contributed by atoms with E-state index < -0.39 is 75.2 Å². The van der Waals surface area contributed by atoms with E-state index in [-0.39, 0.29) is 30.7 Å². The summed E-state index contributed by atoms with van der Waals surface area (Å²) in [5, 5.41) is 5.80. The van der Waals surface area contributed by atoms with Crippen LogP contribution in [0.3, 0.4) is 0 Å². The molecule has 3 heterocycles. The van der Waals surface area contributed by atoms with E-state index in [1.54, 1.807) is 26.8 Å². The maximum absolute atomic E-state index is 14.4. The highest BCUT2D eigenvalue weighted by Gasteiger charge is 2.61. The zero-order valence-electron chi connectivity index (χ0n) is 30.5. The topological polar surface area (TPSA) is 181 Å². The molecule has 1 saturated carbocycles. The van der Waals surface area contributed by atoms with Gasteiger partial charge in [-0.15, -0.1) is 0 Å². The van der Waals surface area contributed by atoms with E-state index >= 15 is 0 Å². The largest absolute Gasteiger partial charge is 0.444 e. The zero-order valence-corrected chi connectivity index (χ0v) is 32.1. The van der Waals surface area contributed by atoms with Crippen LogP contribution in [0, 0.1) is 5.92 Å². The van der Waals surface area contributed by atoms with Crippen LogP contribution in [-0.2, 0) is 47.0 Å². The monoisotopic (exact) mass is 783 g/mol. The predicted octanol–water partition coefficient (Wildman–Crippen LogP) is 4.56. The molecule has 4 aliphatic rings. The van der Waals surface area contributed by atoms with Crippen LogP contribution in [-0.4, -0.2) is 84.0 Å². The highest BCUT2D eigenvalue weighted by molar-refractivity contribution is 7.90. The van der Waals surface area contributed by atoms with Gasteiger partial charge in [-0.3, -0.25) is 19.3 Å². The van der Waals surface area contributed by atoms with E-state index in [1.807, 2.05) is 30.3 Å². The number of carbonyl (C=O) groups is 5. The Morgan fingerprint density at radius 1 is 0.981 bits per heavy atom. The molecule has 0 spiro atoms. The first-order chi connectivity index (χ1) is 25.5. The number of rotatable bonds is 5. The second-order valence-electron chi connectivity index (χ2n) is 15.3. The molecule has 3 N–H and O–H groups in total. The van der Waals surface area contributed by atoms with Gasteiger partial charge in [0, 0.05) is 30.5 Å². The van der Waals surface area contributed by atoms with Crippen LogP contribution in [0.25, 0.3) is 0 Å². The summed E-state index contributed by atoms with van der Waals surface area (Å²) >= 11 is 5.94. The predicted molar refractivity (Wildman–Crippen MR) is 197 cm³/mol. The Kier molecular flexibility index (Phi) is 11.3. The fraction of sp³-hybridized carbons (Fsp3) is 0.500. The molecule has 0 radical (unpaired) electrons. The van der Waals surface area contributed by atoms with Gasteiger partial charge in [0.2, 0.25) is 11.8 Å². The molecule has 0 bridgehead atoms. The van der Waals surface area contributed by atoms with Crippen LogP contribution in [0.2, 0.25) is 5.02 Å². The lowest BCUT2D eigenvalue weighted by Crippen LogP contribution is -2.58. The molecular formula is C38H46ClN5O9S. The summed E-state index contributed by atoms with van der Waals surface area (Å²) in [6.07, 6.45) is 4.39. The number of nitrogens with one attached hydrogen (secondary N) is 3. The third kappa shape index (κ3) is 9.00. The minimum atomic E-state index is -4.34. The zero-order chi connectivity index (χ0) is 38.8. The van der Waals surface area contributed by atoms with Crippen LogP contribution in [0.15, 0.2) is 65.6 Å². The highest BCUT2D eigenvalue weighted by Crippen LogP contribution is 2.46. The molecule has 5 atom stereocenters. The van der Waals surface area contributed by atoms with Gasteiger partial charge >= 0.3 is 12.2 Å². The first kappa shape index (κ1) is 39.1. The Morgan fingerprint density at radius 2 is 1.67 bits per heavy atom. The Labute approximate surface area is 320 Å². The average molecular weight is 784 g/mol. The van der Waals surface area contributed by atoms with Crippen LogP contribution in [0.5, 0.6) is 0 Å². The number of allylic oxidation sites excluding steroid dienone is 1. The lowest BCUT2D eigenvalue weighted by molar-refractivity contribution is -0.141. The third-order valence-corrected chi connectivity index (χ3v) is 11.7. The minimum absolute atomic E-state index is 0.0927. The lowest BCUT2D eigenvalue weighted by atomic mass is 10.0. The number of amides is 5. The molecule has 14 nitrogen and oxygen atoms in total. The van der Waals surface area contributed by atoms with Crippen molar-refractivity contribution >= 4 is 51.5 Å². The molecule has 3 aliphatic heterocycles. The standard InChI is InChI=1S/C38H46ClN5O9S/c1-37(2,3)53-35(48)40-30-14-8-6-4-5-7-13-26-20-38(26,34(47)42-54(50,51)29-17-15-27(39)16-18-29)41-32(45)31-19-28(23-44(31)33(30)46)52-36(49)43-21-24-11-9-10-12-25(24)22-43/h7,9-13,15-18,26,28,30-31H,4-6,8,14,19-23H2,1-3H3,(H,40,48)(H,41,45)(H,42,47)/b13-7-/t26-,28-,30+,31+,38-/m1/s1. The van der Waals surface area contributed by atoms with Gasteiger partial charge in [0.15, 0.2) is 0 Å². The van der Waals surface area contributed by atoms with Crippen molar-refractivity contribution in [2.75, 3.05) is 6.54 Å². The number of hydrogen-bond donors (Lipinski definition) is 3. The van der Waals surface area contributed by atoms with Gasteiger partial charge < -0.3 is 25.0 Å². The molecule has 2 fully saturated rings. The van der Waals surface area contributed by atoms with Gasteiger partial charge in [-0.25, -0.2) is 22.7 Å². The summed E-state index contributed by atoms with van der Waals surface area (Å²) in [6, 6.07) is 10.7. The molecule has 2 aromatic carbocycles. The maximum atomic E-state index is 14.4. The Bertz CT molecular complexity index is 1910. The van der Waals surface area contributed by atoms with Crippen molar-refractivity contribution in [1.29, 1.82) is 0 Å². The van der Waals surface area contributed by atoms with Crippen LogP contribution < -0.4 is 15.4 Å². The normalized spacial score (nSPS) is 26.5. The molecule has 0 unspecified atom stereocenters. The number of benzene rings is 2. The molecule has 54 heavy (non-hydrogen) atoms. The fourth-order valence-electron chi connectivity index (χ4n) is 7.18. The average Bonchev–Trinajstić information content (AvgIpc) is 3.40. The second kappa shape index (κ2) is 15.6. The van der Waals surface area contributed by atoms with Gasteiger partial charge in [-0.2, -0.15) is 0 Å². The number of halogens is 1. The van der Waals surface area contributed by atoms with Gasteiger partial charge in [0.1, 0.15) is 29.3 Å². The van der Waals surface area contributed by atoms with Crippen molar-refractivity contribution in [3.05, 3.63) is 76.8 Å². The lowest BCUT2D eigenvalue weighted by Gasteiger charge is -2.30. The molecule has 6 rings (SSSR count).